The van der Waals surface area contributed by atoms with Crippen molar-refractivity contribution in [1.82, 2.24) is 9.80 Å². The molecule has 0 spiro atoms. The number of nitrogens with zero attached hydrogens (tertiary/aromatic N) is 2. The first-order chi connectivity index (χ1) is 11.8. The lowest BCUT2D eigenvalue weighted by Gasteiger charge is -2.23. The van der Waals surface area contributed by atoms with Crippen LogP contribution in [-0.4, -0.2) is 62.5 Å². The Balaban J connectivity index is 2.35. The van der Waals surface area contributed by atoms with E-state index in [0.717, 1.165) is 10.9 Å². The van der Waals surface area contributed by atoms with Crippen molar-refractivity contribution in [3.8, 4) is 0 Å². The Bertz CT molecular complexity index is 749. The van der Waals surface area contributed by atoms with Crippen LogP contribution in [0, 0.1) is 0 Å². The molecule has 0 aliphatic rings. The SMILES string of the molecule is COCCN(CC(=O)N(C)C)C(=O)c1coc2ccc(C(C)C)cc12. The summed E-state index contributed by atoms with van der Waals surface area (Å²) in [6.45, 7) is 4.91. The van der Waals surface area contributed by atoms with Crippen LogP contribution in [0.15, 0.2) is 28.9 Å². The molecule has 6 heteroatoms. The average Bonchev–Trinajstić information content (AvgIpc) is 3.00. The fourth-order valence-corrected chi connectivity index (χ4v) is 2.50. The monoisotopic (exact) mass is 346 g/mol. The Morgan fingerprint density at radius 2 is 1.96 bits per heavy atom. The molecule has 0 atom stereocenters. The topological polar surface area (TPSA) is 63.0 Å². The highest BCUT2D eigenvalue weighted by atomic mass is 16.5. The minimum absolute atomic E-state index is 0.00569. The van der Waals surface area contributed by atoms with Gasteiger partial charge in [-0.25, -0.2) is 0 Å². The molecule has 2 amide bonds. The molecule has 0 aliphatic carbocycles. The van der Waals surface area contributed by atoms with Crippen LogP contribution in [0.5, 0.6) is 0 Å². The van der Waals surface area contributed by atoms with Crippen LogP contribution in [0.25, 0.3) is 11.0 Å². The van der Waals surface area contributed by atoms with Gasteiger partial charge in [0, 0.05) is 33.1 Å². The highest BCUT2D eigenvalue weighted by Gasteiger charge is 2.23. The molecule has 0 saturated carbocycles. The third-order valence-electron chi connectivity index (χ3n) is 4.17. The third kappa shape index (κ3) is 4.39. The number of hydrogen-bond acceptors (Lipinski definition) is 4. The molecule has 25 heavy (non-hydrogen) atoms. The van der Waals surface area contributed by atoms with Crippen molar-refractivity contribution in [2.24, 2.45) is 0 Å². The number of benzene rings is 1. The van der Waals surface area contributed by atoms with Crippen LogP contribution in [0.3, 0.4) is 0 Å². The molecule has 0 unspecified atom stereocenters. The van der Waals surface area contributed by atoms with Gasteiger partial charge in [0.15, 0.2) is 0 Å². The third-order valence-corrected chi connectivity index (χ3v) is 4.17. The number of amides is 2. The summed E-state index contributed by atoms with van der Waals surface area (Å²) in [6.07, 6.45) is 1.47. The van der Waals surface area contributed by atoms with E-state index in [-0.39, 0.29) is 18.4 Å². The molecule has 136 valence electrons. The van der Waals surface area contributed by atoms with Gasteiger partial charge in [-0.3, -0.25) is 9.59 Å². The summed E-state index contributed by atoms with van der Waals surface area (Å²) in [5.41, 5.74) is 2.27. The first-order valence-corrected chi connectivity index (χ1v) is 8.34. The lowest BCUT2D eigenvalue weighted by Crippen LogP contribution is -2.41. The van der Waals surface area contributed by atoms with Crippen molar-refractivity contribution in [2.45, 2.75) is 19.8 Å². The Morgan fingerprint density at radius 3 is 2.56 bits per heavy atom. The van der Waals surface area contributed by atoms with Crippen LogP contribution >= 0.6 is 0 Å². The summed E-state index contributed by atoms with van der Waals surface area (Å²) in [4.78, 5) is 28.0. The van der Waals surface area contributed by atoms with Gasteiger partial charge in [0.2, 0.25) is 5.91 Å². The van der Waals surface area contributed by atoms with Crippen molar-refractivity contribution in [3.05, 3.63) is 35.6 Å². The van der Waals surface area contributed by atoms with Crippen LogP contribution in [0.1, 0.15) is 35.7 Å². The molecular formula is C19H26N2O4. The first kappa shape index (κ1) is 19.0. The number of carbonyl (C=O) groups excluding carboxylic acids is 2. The van der Waals surface area contributed by atoms with Gasteiger partial charge in [-0.15, -0.1) is 0 Å². The second-order valence-electron chi connectivity index (χ2n) is 6.57. The maximum Gasteiger partial charge on any atom is 0.258 e. The fourth-order valence-electron chi connectivity index (χ4n) is 2.50. The normalized spacial score (nSPS) is 11.1. The molecule has 1 heterocycles. The molecular weight excluding hydrogens is 320 g/mol. The smallest absolute Gasteiger partial charge is 0.258 e. The van der Waals surface area contributed by atoms with Gasteiger partial charge < -0.3 is 19.0 Å². The molecule has 0 N–H and O–H groups in total. The highest BCUT2D eigenvalue weighted by Crippen LogP contribution is 2.26. The molecule has 2 rings (SSSR count). The van der Waals surface area contributed by atoms with Gasteiger partial charge in [-0.05, 0) is 23.6 Å². The second-order valence-corrected chi connectivity index (χ2v) is 6.57. The number of rotatable bonds is 7. The standard InChI is InChI=1S/C19H26N2O4/c1-13(2)14-6-7-17-15(10-14)16(12-25-17)19(23)21(8-9-24-5)11-18(22)20(3)4/h6-7,10,12-13H,8-9,11H2,1-5H3. The van der Waals surface area contributed by atoms with Gasteiger partial charge in [0.05, 0.1) is 12.2 Å². The summed E-state index contributed by atoms with van der Waals surface area (Å²) < 4.78 is 10.6. The zero-order valence-electron chi connectivity index (χ0n) is 15.5. The predicted molar refractivity (Wildman–Crippen MR) is 96.8 cm³/mol. The fraction of sp³-hybridized carbons (Fsp3) is 0.474. The zero-order valence-corrected chi connectivity index (χ0v) is 15.5. The minimum atomic E-state index is -0.230. The maximum absolute atomic E-state index is 13.0. The van der Waals surface area contributed by atoms with Crippen LogP contribution in [-0.2, 0) is 9.53 Å². The van der Waals surface area contributed by atoms with Crippen LogP contribution in [0.2, 0.25) is 0 Å². The van der Waals surface area contributed by atoms with Crippen molar-refractivity contribution >= 4 is 22.8 Å². The largest absolute Gasteiger partial charge is 0.463 e. The molecule has 0 radical (unpaired) electrons. The summed E-state index contributed by atoms with van der Waals surface area (Å²) >= 11 is 0. The summed E-state index contributed by atoms with van der Waals surface area (Å²) in [5.74, 6) is -0.0193. The molecule has 0 bridgehead atoms. The highest BCUT2D eigenvalue weighted by molar-refractivity contribution is 6.07. The summed E-state index contributed by atoms with van der Waals surface area (Å²) in [7, 11) is 4.91. The van der Waals surface area contributed by atoms with E-state index < -0.39 is 0 Å². The summed E-state index contributed by atoms with van der Waals surface area (Å²) in [6, 6.07) is 5.87. The Kier molecular flexibility index (Phi) is 6.20. The van der Waals surface area contributed by atoms with Crippen molar-refractivity contribution in [1.29, 1.82) is 0 Å². The molecule has 0 fully saturated rings. The number of methoxy groups -OCH3 is 1. The van der Waals surface area contributed by atoms with Gasteiger partial charge in [0.25, 0.3) is 5.91 Å². The van der Waals surface area contributed by atoms with E-state index in [1.807, 2.05) is 18.2 Å². The lowest BCUT2D eigenvalue weighted by atomic mass is 10.0. The minimum Gasteiger partial charge on any atom is -0.463 e. The molecule has 2 aromatic rings. The zero-order chi connectivity index (χ0) is 18.6. The molecule has 1 aromatic carbocycles. The van der Waals surface area contributed by atoms with Crippen LogP contribution in [0.4, 0.5) is 0 Å². The number of carbonyl (C=O) groups is 2. The van der Waals surface area contributed by atoms with E-state index in [1.165, 1.54) is 16.1 Å². The van der Waals surface area contributed by atoms with Gasteiger partial charge in [-0.1, -0.05) is 19.9 Å². The maximum atomic E-state index is 13.0. The van der Waals surface area contributed by atoms with Crippen molar-refractivity contribution in [2.75, 3.05) is 40.9 Å². The van der Waals surface area contributed by atoms with Crippen molar-refractivity contribution in [3.63, 3.8) is 0 Å². The lowest BCUT2D eigenvalue weighted by molar-refractivity contribution is -0.129. The second kappa shape index (κ2) is 8.16. The molecule has 1 aromatic heterocycles. The van der Waals surface area contributed by atoms with Crippen LogP contribution < -0.4 is 0 Å². The number of furan rings is 1. The van der Waals surface area contributed by atoms with E-state index >= 15 is 0 Å². The van der Waals surface area contributed by atoms with Gasteiger partial charge in [0.1, 0.15) is 18.4 Å². The quantitative estimate of drug-likeness (QED) is 0.773. The van der Waals surface area contributed by atoms with E-state index in [2.05, 4.69) is 13.8 Å². The molecule has 6 nitrogen and oxygen atoms in total. The Morgan fingerprint density at radius 1 is 1.24 bits per heavy atom. The van der Waals surface area contributed by atoms with E-state index in [1.54, 1.807) is 21.2 Å². The molecule has 0 aliphatic heterocycles. The molecule has 0 saturated heterocycles. The average molecular weight is 346 g/mol. The number of ether oxygens (including phenoxy) is 1. The van der Waals surface area contributed by atoms with Gasteiger partial charge in [-0.2, -0.15) is 0 Å². The number of likely N-dealkylation sites (N-methyl/N-ethyl adjacent to an activating group) is 1. The Labute approximate surface area is 148 Å². The first-order valence-electron chi connectivity index (χ1n) is 8.34. The summed E-state index contributed by atoms with van der Waals surface area (Å²) in [5, 5.41) is 0.774. The predicted octanol–water partition coefficient (Wildman–Crippen LogP) is 2.73. The van der Waals surface area contributed by atoms with Crippen molar-refractivity contribution < 1.29 is 18.7 Å². The van der Waals surface area contributed by atoms with E-state index in [9.17, 15) is 9.59 Å². The number of hydrogen-bond donors (Lipinski definition) is 0. The number of fused-ring (bicyclic) bond motifs is 1. The Hall–Kier alpha value is -2.34. The van der Waals surface area contributed by atoms with E-state index in [0.29, 0.717) is 30.2 Å². The van der Waals surface area contributed by atoms with Gasteiger partial charge >= 0.3 is 0 Å². The van der Waals surface area contributed by atoms with E-state index in [4.69, 9.17) is 9.15 Å².